The molecule has 1 aliphatic rings. The van der Waals surface area contributed by atoms with Crippen molar-refractivity contribution >= 4 is 0 Å². The van der Waals surface area contributed by atoms with Crippen LogP contribution in [0, 0.1) is 0 Å². The molecule has 1 aromatic carbocycles. The zero-order valence-electron chi connectivity index (χ0n) is 12.0. The van der Waals surface area contributed by atoms with Gasteiger partial charge in [-0.25, -0.2) is 0 Å². The molecule has 1 N–H and O–H groups in total. The van der Waals surface area contributed by atoms with E-state index in [1.54, 1.807) is 0 Å². The molecule has 0 aromatic heterocycles. The Balaban J connectivity index is 2.05. The maximum absolute atomic E-state index is 9.01. The highest BCUT2D eigenvalue weighted by Gasteiger charge is 2.24. The molecule has 0 aliphatic carbocycles. The zero-order valence-corrected chi connectivity index (χ0v) is 12.0. The molecular formula is C16H25NO2. The van der Waals surface area contributed by atoms with Crippen LogP contribution in [0.3, 0.4) is 0 Å². The van der Waals surface area contributed by atoms with E-state index in [0.29, 0.717) is 12.0 Å². The second-order valence-corrected chi connectivity index (χ2v) is 5.54. The number of hydrogen-bond donors (Lipinski definition) is 1. The third-order valence-electron chi connectivity index (χ3n) is 3.87. The van der Waals surface area contributed by atoms with E-state index < -0.39 is 0 Å². The van der Waals surface area contributed by atoms with Crippen LogP contribution in [0.1, 0.15) is 38.2 Å². The minimum atomic E-state index is 0.271. The Labute approximate surface area is 116 Å². The van der Waals surface area contributed by atoms with Gasteiger partial charge < -0.3 is 14.7 Å². The van der Waals surface area contributed by atoms with Gasteiger partial charge in [0.1, 0.15) is 5.75 Å². The van der Waals surface area contributed by atoms with Crippen LogP contribution in [0.4, 0.5) is 0 Å². The summed E-state index contributed by atoms with van der Waals surface area (Å²) in [7, 11) is 0. The van der Waals surface area contributed by atoms with Crippen molar-refractivity contribution in [2.24, 2.45) is 0 Å². The molecule has 1 unspecified atom stereocenters. The topological polar surface area (TPSA) is 32.7 Å². The smallest absolute Gasteiger partial charge is 0.122 e. The van der Waals surface area contributed by atoms with E-state index in [1.807, 2.05) is 6.07 Å². The Morgan fingerprint density at radius 3 is 2.89 bits per heavy atom. The molecule has 0 saturated carbocycles. The average molecular weight is 263 g/mol. The van der Waals surface area contributed by atoms with E-state index in [1.165, 1.54) is 5.56 Å². The zero-order chi connectivity index (χ0) is 13.7. The van der Waals surface area contributed by atoms with Gasteiger partial charge in [-0.3, -0.25) is 0 Å². The molecule has 3 heteroatoms. The first-order chi connectivity index (χ1) is 9.22. The van der Waals surface area contributed by atoms with Crippen LogP contribution in [0.25, 0.3) is 0 Å². The summed E-state index contributed by atoms with van der Waals surface area (Å²) in [5, 5.41) is 9.01. The lowest BCUT2D eigenvalue weighted by Crippen LogP contribution is -2.37. The summed E-state index contributed by atoms with van der Waals surface area (Å²) in [6, 6.07) is 8.89. The second kappa shape index (κ2) is 6.92. The van der Waals surface area contributed by atoms with Crippen molar-refractivity contribution in [2.75, 3.05) is 26.3 Å². The van der Waals surface area contributed by atoms with Crippen molar-refractivity contribution in [3.63, 3.8) is 0 Å². The van der Waals surface area contributed by atoms with E-state index in [9.17, 15) is 0 Å². The van der Waals surface area contributed by atoms with Crippen molar-refractivity contribution < 1.29 is 9.84 Å². The molecule has 1 atom stereocenters. The van der Waals surface area contributed by atoms with E-state index in [2.05, 4.69) is 36.9 Å². The van der Waals surface area contributed by atoms with Gasteiger partial charge in [-0.05, 0) is 38.3 Å². The second-order valence-electron chi connectivity index (χ2n) is 5.54. The Bertz CT molecular complexity index is 392. The summed E-state index contributed by atoms with van der Waals surface area (Å²) in [5.74, 6) is 1.59. The van der Waals surface area contributed by atoms with Crippen LogP contribution >= 0.6 is 0 Å². The number of fused-ring (bicyclic) bond motifs is 1. The van der Waals surface area contributed by atoms with Crippen LogP contribution in [-0.2, 0) is 0 Å². The Kier molecular flexibility index (Phi) is 5.23. The normalized spacial score (nSPS) is 18.5. The van der Waals surface area contributed by atoms with Gasteiger partial charge >= 0.3 is 0 Å². The fourth-order valence-corrected chi connectivity index (χ4v) is 2.72. The van der Waals surface area contributed by atoms with Gasteiger partial charge in [0.25, 0.3) is 0 Å². The Hall–Kier alpha value is -1.06. The predicted molar refractivity (Wildman–Crippen MR) is 77.7 cm³/mol. The fraction of sp³-hybridized carbons (Fsp3) is 0.625. The number of hydrogen-bond acceptors (Lipinski definition) is 3. The van der Waals surface area contributed by atoms with Crippen LogP contribution in [-0.4, -0.2) is 42.4 Å². The molecule has 0 radical (unpaired) electrons. The quantitative estimate of drug-likeness (QED) is 0.856. The van der Waals surface area contributed by atoms with E-state index in [-0.39, 0.29) is 6.61 Å². The Morgan fingerprint density at radius 1 is 1.37 bits per heavy atom. The molecule has 1 aliphatic heterocycles. The molecule has 0 fully saturated rings. The van der Waals surface area contributed by atoms with Crippen molar-refractivity contribution in [3.8, 4) is 5.75 Å². The molecular weight excluding hydrogens is 238 g/mol. The molecule has 106 valence electrons. The first-order valence-corrected chi connectivity index (χ1v) is 7.29. The van der Waals surface area contributed by atoms with Crippen LogP contribution < -0.4 is 4.74 Å². The minimum absolute atomic E-state index is 0.271. The maximum atomic E-state index is 9.01. The molecule has 2 rings (SSSR count). The lowest BCUT2D eigenvalue weighted by Gasteiger charge is -2.33. The third kappa shape index (κ3) is 3.71. The molecule has 1 aromatic rings. The van der Waals surface area contributed by atoms with Crippen molar-refractivity contribution in [1.82, 2.24) is 4.90 Å². The summed E-state index contributed by atoms with van der Waals surface area (Å²) in [6.07, 6.45) is 1.93. The van der Waals surface area contributed by atoms with Gasteiger partial charge in [-0.1, -0.05) is 18.2 Å². The summed E-state index contributed by atoms with van der Waals surface area (Å²) >= 11 is 0. The summed E-state index contributed by atoms with van der Waals surface area (Å²) in [6.45, 7) is 7.55. The van der Waals surface area contributed by atoms with Crippen LogP contribution in [0.15, 0.2) is 24.3 Å². The first kappa shape index (κ1) is 14.4. The number of rotatable bonds is 6. The molecule has 19 heavy (non-hydrogen) atoms. The SMILES string of the molecule is CC(C)N(CCCO)CC1CCOc2ccccc21. The average Bonchev–Trinajstić information content (AvgIpc) is 2.43. The number of aliphatic hydroxyl groups excluding tert-OH is 1. The third-order valence-corrected chi connectivity index (χ3v) is 3.87. The summed E-state index contributed by atoms with van der Waals surface area (Å²) < 4.78 is 5.72. The lowest BCUT2D eigenvalue weighted by atomic mass is 9.92. The number of nitrogens with zero attached hydrogens (tertiary/aromatic N) is 1. The van der Waals surface area contributed by atoms with Gasteiger partial charge in [0.15, 0.2) is 0 Å². The van der Waals surface area contributed by atoms with Gasteiger partial charge in [0.2, 0.25) is 0 Å². The molecule has 1 heterocycles. The number of ether oxygens (including phenoxy) is 1. The van der Waals surface area contributed by atoms with Gasteiger partial charge in [-0.15, -0.1) is 0 Å². The predicted octanol–water partition coefficient (Wildman–Crippen LogP) is 2.65. The Morgan fingerprint density at radius 2 is 2.16 bits per heavy atom. The molecule has 0 spiro atoms. The molecule has 3 nitrogen and oxygen atoms in total. The van der Waals surface area contributed by atoms with Crippen LogP contribution in [0.2, 0.25) is 0 Å². The first-order valence-electron chi connectivity index (χ1n) is 7.29. The van der Waals surface area contributed by atoms with Gasteiger partial charge in [0.05, 0.1) is 6.61 Å². The van der Waals surface area contributed by atoms with Gasteiger partial charge in [0, 0.05) is 31.7 Å². The molecule has 0 amide bonds. The molecule has 0 saturated heterocycles. The van der Waals surface area contributed by atoms with Crippen molar-refractivity contribution in [3.05, 3.63) is 29.8 Å². The van der Waals surface area contributed by atoms with Gasteiger partial charge in [-0.2, -0.15) is 0 Å². The van der Waals surface area contributed by atoms with E-state index in [0.717, 1.165) is 38.3 Å². The largest absolute Gasteiger partial charge is 0.493 e. The van der Waals surface area contributed by atoms with Crippen molar-refractivity contribution in [2.45, 2.75) is 38.6 Å². The molecule has 0 bridgehead atoms. The van der Waals surface area contributed by atoms with Crippen LogP contribution in [0.5, 0.6) is 5.75 Å². The standard InChI is InChI=1S/C16H25NO2/c1-13(2)17(9-5-10-18)12-14-8-11-19-16-7-4-3-6-15(14)16/h3-4,6-7,13-14,18H,5,8-12H2,1-2H3. The number of aliphatic hydroxyl groups is 1. The summed E-state index contributed by atoms with van der Waals surface area (Å²) in [5.41, 5.74) is 1.34. The van der Waals surface area contributed by atoms with Crippen molar-refractivity contribution in [1.29, 1.82) is 0 Å². The monoisotopic (exact) mass is 263 g/mol. The highest BCUT2D eigenvalue weighted by molar-refractivity contribution is 5.37. The minimum Gasteiger partial charge on any atom is -0.493 e. The lowest BCUT2D eigenvalue weighted by molar-refractivity contribution is 0.165. The van der Waals surface area contributed by atoms with E-state index in [4.69, 9.17) is 9.84 Å². The highest BCUT2D eigenvalue weighted by atomic mass is 16.5. The highest BCUT2D eigenvalue weighted by Crippen LogP contribution is 2.34. The number of benzene rings is 1. The van der Waals surface area contributed by atoms with E-state index >= 15 is 0 Å². The summed E-state index contributed by atoms with van der Waals surface area (Å²) in [4.78, 5) is 2.46. The fourth-order valence-electron chi connectivity index (χ4n) is 2.72. The number of para-hydroxylation sites is 1. The maximum Gasteiger partial charge on any atom is 0.122 e.